The standard InChI is InChI=1S/C11H10ClNO4/c12-8-4-7(14)1-2-9(8)13-5-6(11(16)17)3-10(13)15/h1-2,4,6,14H,3,5H2,(H,16,17). The highest BCUT2D eigenvalue weighted by molar-refractivity contribution is 6.34. The first kappa shape index (κ1) is 11.7. The summed E-state index contributed by atoms with van der Waals surface area (Å²) in [6.45, 7) is 0.110. The first-order valence-corrected chi connectivity index (χ1v) is 5.38. The van der Waals surface area contributed by atoms with Crippen LogP contribution in [0, 0.1) is 5.92 Å². The van der Waals surface area contributed by atoms with Gasteiger partial charge in [-0.05, 0) is 12.1 Å². The maximum Gasteiger partial charge on any atom is 0.308 e. The van der Waals surface area contributed by atoms with Gasteiger partial charge in [0.15, 0.2) is 0 Å². The molecule has 2 rings (SSSR count). The number of phenols is 1. The van der Waals surface area contributed by atoms with Gasteiger partial charge in [0.05, 0.1) is 16.6 Å². The smallest absolute Gasteiger partial charge is 0.308 e. The highest BCUT2D eigenvalue weighted by Crippen LogP contribution is 2.33. The molecule has 1 amide bonds. The Labute approximate surface area is 102 Å². The van der Waals surface area contributed by atoms with Crippen LogP contribution >= 0.6 is 11.6 Å². The molecule has 1 heterocycles. The van der Waals surface area contributed by atoms with Crippen LogP contribution in [-0.2, 0) is 9.59 Å². The van der Waals surface area contributed by atoms with Crippen molar-refractivity contribution in [3.63, 3.8) is 0 Å². The summed E-state index contributed by atoms with van der Waals surface area (Å²) in [5.74, 6) is -1.96. The average molecular weight is 256 g/mol. The van der Waals surface area contributed by atoms with Crippen molar-refractivity contribution in [2.45, 2.75) is 6.42 Å². The molecule has 1 aromatic carbocycles. The Hall–Kier alpha value is -1.75. The summed E-state index contributed by atoms with van der Waals surface area (Å²) in [5, 5.41) is 18.3. The molecule has 1 saturated heterocycles. The minimum absolute atomic E-state index is 0.000167. The minimum Gasteiger partial charge on any atom is -0.508 e. The van der Waals surface area contributed by atoms with E-state index in [4.69, 9.17) is 16.7 Å². The van der Waals surface area contributed by atoms with Crippen molar-refractivity contribution in [1.82, 2.24) is 0 Å². The van der Waals surface area contributed by atoms with Crippen LogP contribution in [0.5, 0.6) is 5.75 Å². The SMILES string of the molecule is O=C(O)C1CC(=O)N(c2ccc(O)cc2Cl)C1. The van der Waals surface area contributed by atoms with Gasteiger partial charge in [-0.25, -0.2) is 0 Å². The summed E-state index contributed by atoms with van der Waals surface area (Å²) in [6, 6.07) is 4.22. The molecular formula is C11H10ClNO4. The second-order valence-corrected chi connectivity index (χ2v) is 4.29. The molecule has 5 nitrogen and oxygen atoms in total. The molecule has 0 saturated carbocycles. The maximum absolute atomic E-state index is 11.7. The van der Waals surface area contributed by atoms with Gasteiger partial charge in [-0.3, -0.25) is 9.59 Å². The molecular weight excluding hydrogens is 246 g/mol. The van der Waals surface area contributed by atoms with Crippen molar-refractivity contribution in [3.8, 4) is 5.75 Å². The molecule has 2 N–H and O–H groups in total. The average Bonchev–Trinajstić information content (AvgIpc) is 2.61. The van der Waals surface area contributed by atoms with Gasteiger partial charge in [-0.2, -0.15) is 0 Å². The van der Waals surface area contributed by atoms with E-state index in [0.717, 1.165) is 0 Å². The largest absolute Gasteiger partial charge is 0.508 e. The Morgan fingerprint density at radius 1 is 1.47 bits per heavy atom. The number of benzene rings is 1. The lowest BCUT2D eigenvalue weighted by molar-refractivity contribution is -0.141. The molecule has 1 aliphatic rings. The molecule has 0 bridgehead atoms. The first-order valence-electron chi connectivity index (χ1n) is 5.00. The predicted molar refractivity (Wildman–Crippen MR) is 61.2 cm³/mol. The van der Waals surface area contributed by atoms with Gasteiger partial charge in [0.1, 0.15) is 5.75 Å². The van der Waals surface area contributed by atoms with Crippen LogP contribution in [0.25, 0.3) is 0 Å². The van der Waals surface area contributed by atoms with Crippen molar-refractivity contribution < 1.29 is 19.8 Å². The monoisotopic (exact) mass is 255 g/mol. The summed E-state index contributed by atoms with van der Waals surface area (Å²) >= 11 is 5.90. The minimum atomic E-state index is -0.990. The number of nitrogens with zero attached hydrogens (tertiary/aromatic N) is 1. The van der Waals surface area contributed by atoms with Gasteiger partial charge >= 0.3 is 5.97 Å². The van der Waals surface area contributed by atoms with E-state index in [2.05, 4.69) is 0 Å². The zero-order chi connectivity index (χ0) is 12.6. The number of halogens is 1. The van der Waals surface area contributed by atoms with Gasteiger partial charge < -0.3 is 15.1 Å². The van der Waals surface area contributed by atoms with E-state index in [0.29, 0.717) is 5.69 Å². The van der Waals surface area contributed by atoms with Crippen LogP contribution in [0.3, 0.4) is 0 Å². The van der Waals surface area contributed by atoms with Crippen molar-refractivity contribution in [2.24, 2.45) is 5.92 Å². The third-order valence-corrected chi connectivity index (χ3v) is 3.00. The summed E-state index contributed by atoms with van der Waals surface area (Å²) in [6.07, 6.45) is -0.0213. The lowest BCUT2D eigenvalue weighted by Gasteiger charge is -2.17. The molecule has 1 fully saturated rings. The highest BCUT2D eigenvalue weighted by Gasteiger charge is 2.35. The third kappa shape index (κ3) is 2.19. The number of carboxylic acids is 1. The zero-order valence-electron chi connectivity index (χ0n) is 8.76. The molecule has 1 aliphatic heterocycles. The Bertz CT molecular complexity index is 488. The molecule has 0 aromatic heterocycles. The number of anilines is 1. The molecule has 17 heavy (non-hydrogen) atoms. The van der Waals surface area contributed by atoms with Crippen molar-refractivity contribution in [2.75, 3.05) is 11.4 Å². The van der Waals surface area contributed by atoms with E-state index in [1.807, 2.05) is 0 Å². The Morgan fingerprint density at radius 2 is 2.18 bits per heavy atom. The lowest BCUT2D eigenvalue weighted by Crippen LogP contribution is -2.25. The van der Waals surface area contributed by atoms with Crippen LogP contribution < -0.4 is 4.90 Å². The molecule has 0 radical (unpaired) electrons. The number of phenolic OH excluding ortho intramolecular Hbond substituents is 1. The van der Waals surface area contributed by atoms with Crippen molar-refractivity contribution in [1.29, 1.82) is 0 Å². The van der Waals surface area contributed by atoms with Gasteiger partial charge in [-0.15, -0.1) is 0 Å². The number of aromatic hydroxyl groups is 1. The van der Waals surface area contributed by atoms with E-state index in [1.165, 1.54) is 23.1 Å². The summed E-state index contributed by atoms with van der Waals surface area (Å²) in [7, 11) is 0. The van der Waals surface area contributed by atoms with Crippen molar-refractivity contribution in [3.05, 3.63) is 23.2 Å². The lowest BCUT2D eigenvalue weighted by atomic mass is 10.1. The number of carbonyl (C=O) groups is 2. The number of hydrogen-bond acceptors (Lipinski definition) is 3. The second kappa shape index (κ2) is 4.25. The zero-order valence-corrected chi connectivity index (χ0v) is 9.52. The number of carboxylic acid groups (broad SMARTS) is 1. The Kier molecular flexibility index (Phi) is 2.93. The van der Waals surface area contributed by atoms with E-state index in [9.17, 15) is 14.7 Å². The second-order valence-electron chi connectivity index (χ2n) is 3.88. The third-order valence-electron chi connectivity index (χ3n) is 2.70. The summed E-state index contributed by atoms with van der Waals surface area (Å²) < 4.78 is 0. The van der Waals surface area contributed by atoms with Gasteiger partial charge in [0.25, 0.3) is 0 Å². The molecule has 6 heteroatoms. The summed E-state index contributed by atoms with van der Waals surface area (Å²) in [4.78, 5) is 23.8. The topological polar surface area (TPSA) is 77.8 Å². The van der Waals surface area contributed by atoms with Gasteiger partial charge in [-0.1, -0.05) is 11.6 Å². The molecule has 0 aliphatic carbocycles. The molecule has 1 aromatic rings. The normalized spacial score (nSPS) is 19.7. The van der Waals surface area contributed by atoms with Crippen LogP contribution in [0.1, 0.15) is 6.42 Å². The fourth-order valence-electron chi connectivity index (χ4n) is 1.82. The fraction of sp³-hybridized carbons (Fsp3) is 0.273. The van der Waals surface area contributed by atoms with E-state index >= 15 is 0 Å². The van der Waals surface area contributed by atoms with Crippen LogP contribution in [0.15, 0.2) is 18.2 Å². The number of rotatable bonds is 2. The first-order chi connectivity index (χ1) is 7.99. The van der Waals surface area contributed by atoms with E-state index in [-0.39, 0.29) is 29.6 Å². The van der Waals surface area contributed by atoms with Crippen LogP contribution in [0.4, 0.5) is 5.69 Å². The molecule has 90 valence electrons. The molecule has 0 spiro atoms. The van der Waals surface area contributed by atoms with Crippen LogP contribution in [-0.4, -0.2) is 28.6 Å². The number of carbonyl (C=O) groups excluding carboxylic acids is 1. The number of amides is 1. The molecule has 1 unspecified atom stereocenters. The predicted octanol–water partition coefficient (Wildman–Crippen LogP) is 1.48. The van der Waals surface area contributed by atoms with E-state index < -0.39 is 11.9 Å². The Balaban J connectivity index is 2.29. The van der Waals surface area contributed by atoms with Gasteiger partial charge in [0.2, 0.25) is 5.91 Å². The number of hydrogen-bond donors (Lipinski definition) is 2. The van der Waals surface area contributed by atoms with E-state index in [1.54, 1.807) is 0 Å². The Morgan fingerprint density at radius 3 is 2.71 bits per heavy atom. The maximum atomic E-state index is 11.7. The highest BCUT2D eigenvalue weighted by atomic mass is 35.5. The number of aliphatic carboxylic acids is 1. The molecule has 1 atom stereocenters. The summed E-state index contributed by atoms with van der Waals surface area (Å²) in [5.41, 5.74) is 0.429. The fourth-order valence-corrected chi connectivity index (χ4v) is 2.10. The van der Waals surface area contributed by atoms with Crippen molar-refractivity contribution >= 4 is 29.2 Å². The quantitative estimate of drug-likeness (QED) is 0.839. The van der Waals surface area contributed by atoms with Crippen LogP contribution in [0.2, 0.25) is 5.02 Å². The van der Waals surface area contributed by atoms with Gasteiger partial charge in [0, 0.05) is 19.0 Å².